The number of carbonyl (C=O) groups excluding carboxylic acids is 1. The summed E-state index contributed by atoms with van der Waals surface area (Å²) in [7, 11) is 0. The Labute approximate surface area is 154 Å². The van der Waals surface area contributed by atoms with Gasteiger partial charge in [-0.2, -0.15) is 0 Å². The van der Waals surface area contributed by atoms with E-state index in [4.69, 9.17) is 0 Å². The van der Waals surface area contributed by atoms with Gasteiger partial charge in [0.2, 0.25) is 0 Å². The second-order valence-corrected chi connectivity index (χ2v) is 6.36. The van der Waals surface area contributed by atoms with Crippen LogP contribution in [0, 0.1) is 10.1 Å². The number of rotatable bonds is 7. The number of fused-ring (bicyclic) bond motifs is 1. The summed E-state index contributed by atoms with van der Waals surface area (Å²) >= 11 is 1.21. The van der Waals surface area contributed by atoms with Crippen molar-refractivity contribution in [2.45, 2.75) is 12.1 Å². The number of hydrogen-bond donors (Lipinski definition) is 1. The Morgan fingerprint density at radius 1 is 1.19 bits per heavy atom. The molecule has 0 atom stereocenters. The minimum absolute atomic E-state index is 0.0998. The molecule has 8 heteroatoms. The molecule has 0 radical (unpaired) electrons. The molecule has 0 spiro atoms. The molecule has 1 heterocycles. The van der Waals surface area contributed by atoms with Crippen LogP contribution in [0.1, 0.15) is 17.3 Å². The second kappa shape index (κ2) is 7.92. The largest absolute Gasteiger partial charge is 0.370 e. The van der Waals surface area contributed by atoms with Gasteiger partial charge in [-0.1, -0.05) is 36.0 Å². The summed E-state index contributed by atoms with van der Waals surface area (Å²) in [5.74, 6) is 0.620. The van der Waals surface area contributed by atoms with Gasteiger partial charge in [0.25, 0.3) is 5.69 Å². The van der Waals surface area contributed by atoms with Crippen molar-refractivity contribution in [2.75, 3.05) is 17.6 Å². The first kappa shape index (κ1) is 17.8. The molecule has 0 amide bonds. The second-order valence-electron chi connectivity index (χ2n) is 5.42. The number of carbonyl (C=O) groups is 1. The number of para-hydroxylation sites is 1. The van der Waals surface area contributed by atoms with Crippen molar-refractivity contribution < 1.29 is 9.72 Å². The van der Waals surface area contributed by atoms with Crippen LogP contribution in [0.15, 0.2) is 53.7 Å². The SMILES string of the molecule is CCNc1nc(SCC(=O)c2cccc([N+](=O)[O-])c2)nc2ccccc12. The van der Waals surface area contributed by atoms with E-state index in [0.29, 0.717) is 10.7 Å². The van der Waals surface area contributed by atoms with Crippen molar-refractivity contribution >= 4 is 40.0 Å². The lowest BCUT2D eigenvalue weighted by atomic mass is 10.1. The minimum Gasteiger partial charge on any atom is -0.370 e. The van der Waals surface area contributed by atoms with Gasteiger partial charge in [-0.05, 0) is 19.1 Å². The first-order valence-electron chi connectivity index (χ1n) is 7.99. The molecule has 7 nitrogen and oxygen atoms in total. The van der Waals surface area contributed by atoms with E-state index in [2.05, 4.69) is 15.3 Å². The van der Waals surface area contributed by atoms with Crippen molar-refractivity contribution in [2.24, 2.45) is 0 Å². The summed E-state index contributed by atoms with van der Waals surface area (Å²) in [6, 6.07) is 13.4. The molecule has 0 unspecified atom stereocenters. The Balaban J connectivity index is 1.80. The molecule has 0 fully saturated rings. The summed E-state index contributed by atoms with van der Waals surface area (Å²) < 4.78 is 0. The summed E-state index contributed by atoms with van der Waals surface area (Å²) in [4.78, 5) is 31.6. The lowest BCUT2D eigenvalue weighted by Crippen LogP contribution is -2.06. The number of non-ortho nitro benzene ring substituents is 1. The molecule has 0 aliphatic carbocycles. The number of Topliss-reactive ketones (excluding diaryl/α,β-unsaturated/α-hetero) is 1. The molecule has 1 aromatic heterocycles. The lowest BCUT2D eigenvalue weighted by Gasteiger charge is -2.09. The Bertz CT molecular complexity index is 978. The highest BCUT2D eigenvalue weighted by molar-refractivity contribution is 7.99. The normalized spacial score (nSPS) is 10.7. The summed E-state index contributed by atoms with van der Waals surface area (Å²) in [6.07, 6.45) is 0. The maximum absolute atomic E-state index is 12.4. The summed E-state index contributed by atoms with van der Waals surface area (Å²) in [6.45, 7) is 2.70. The van der Waals surface area contributed by atoms with E-state index in [-0.39, 0.29) is 17.2 Å². The minimum atomic E-state index is -0.515. The summed E-state index contributed by atoms with van der Waals surface area (Å²) in [5, 5.41) is 15.5. The van der Waals surface area contributed by atoms with Gasteiger partial charge in [-0.3, -0.25) is 14.9 Å². The smallest absolute Gasteiger partial charge is 0.270 e. The molecule has 0 aliphatic rings. The van der Waals surface area contributed by atoms with Crippen molar-refractivity contribution in [3.8, 4) is 0 Å². The molecule has 3 rings (SSSR count). The van der Waals surface area contributed by atoms with E-state index in [1.54, 1.807) is 6.07 Å². The van der Waals surface area contributed by atoms with Crippen LogP contribution in [-0.4, -0.2) is 33.0 Å². The fourth-order valence-corrected chi connectivity index (χ4v) is 3.17. The van der Waals surface area contributed by atoms with Crippen molar-refractivity contribution in [1.29, 1.82) is 0 Å². The van der Waals surface area contributed by atoms with Gasteiger partial charge in [-0.25, -0.2) is 9.97 Å². The fourth-order valence-electron chi connectivity index (χ4n) is 2.43. The van der Waals surface area contributed by atoms with Crippen LogP contribution in [0.25, 0.3) is 10.9 Å². The maximum atomic E-state index is 12.4. The molecule has 1 N–H and O–H groups in total. The number of nitro groups is 1. The standard InChI is InChI=1S/C18H16N4O3S/c1-2-19-17-14-8-3-4-9-15(14)20-18(21-17)26-11-16(23)12-6-5-7-13(10-12)22(24)25/h3-10H,2,11H2,1H3,(H,19,20,21). The highest BCUT2D eigenvalue weighted by atomic mass is 32.2. The van der Waals surface area contributed by atoms with Crippen LogP contribution in [0.4, 0.5) is 11.5 Å². The van der Waals surface area contributed by atoms with Gasteiger partial charge in [0.15, 0.2) is 10.9 Å². The Morgan fingerprint density at radius 2 is 2.00 bits per heavy atom. The molecule has 3 aromatic rings. The number of ketones is 1. The number of thioether (sulfide) groups is 1. The van der Waals surface area contributed by atoms with Gasteiger partial charge in [-0.15, -0.1) is 0 Å². The van der Waals surface area contributed by atoms with Crippen LogP contribution in [-0.2, 0) is 0 Å². The fraction of sp³-hybridized carbons (Fsp3) is 0.167. The highest BCUT2D eigenvalue weighted by Gasteiger charge is 2.14. The van der Waals surface area contributed by atoms with Crippen molar-refractivity contribution in [3.63, 3.8) is 0 Å². The van der Waals surface area contributed by atoms with Crippen LogP contribution < -0.4 is 5.32 Å². The molecule has 26 heavy (non-hydrogen) atoms. The van der Waals surface area contributed by atoms with Gasteiger partial charge >= 0.3 is 0 Å². The third kappa shape index (κ3) is 3.97. The Hall–Kier alpha value is -3.00. The van der Waals surface area contributed by atoms with E-state index in [1.165, 1.54) is 30.0 Å². The third-order valence-electron chi connectivity index (χ3n) is 3.64. The highest BCUT2D eigenvalue weighted by Crippen LogP contribution is 2.25. The van der Waals surface area contributed by atoms with E-state index < -0.39 is 4.92 Å². The zero-order chi connectivity index (χ0) is 18.5. The lowest BCUT2D eigenvalue weighted by molar-refractivity contribution is -0.384. The molecular weight excluding hydrogens is 352 g/mol. The quantitative estimate of drug-likeness (QED) is 0.222. The molecule has 0 saturated carbocycles. The first-order chi connectivity index (χ1) is 12.6. The number of anilines is 1. The van der Waals surface area contributed by atoms with Crippen molar-refractivity contribution in [1.82, 2.24) is 9.97 Å². The number of aromatic nitrogens is 2. The number of hydrogen-bond acceptors (Lipinski definition) is 7. The summed E-state index contributed by atoms with van der Waals surface area (Å²) in [5.41, 5.74) is 1.00. The average Bonchev–Trinajstić information content (AvgIpc) is 2.66. The predicted molar refractivity (Wildman–Crippen MR) is 102 cm³/mol. The van der Waals surface area contributed by atoms with Crippen LogP contribution in [0.5, 0.6) is 0 Å². The Morgan fingerprint density at radius 3 is 2.77 bits per heavy atom. The van der Waals surface area contributed by atoms with Gasteiger partial charge in [0, 0.05) is 29.6 Å². The number of nitrogens with zero attached hydrogens (tertiary/aromatic N) is 3. The number of nitrogens with one attached hydrogen (secondary N) is 1. The topological polar surface area (TPSA) is 98.0 Å². The molecular formula is C18H16N4O3S. The van der Waals surface area contributed by atoms with E-state index in [1.807, 2.05) is 31.2 Å². The Kier molecular flexibility index (Phi) is 5.43. The predicted octanol–water partition coefficient (Wildman–Crippen LogP) is 3.94. The molecule has 2 aromatic carbocycles. The van der Waals surface area contributed by atoms with Crippen LogP contribution in [0.3, 0.4) is 0 Å². The van der Waals surface area contributed by atoms with Crippen LogP contribution >= 0.6 is 11.8 Å². The average molecular weight is 368 g/mol. The zero-order valence-corrected chi connectivity index (χ0v) is 14.8. The molecule has 0 bridgehead atoms. The van der Waals surface area contributed by atoms with E-state index in [0.717, 1.165) is 23.3 Å². The van der Waals surface area contributed by atoms with E-state index >= 15 is 0 Å². The molecule has 132 valence electrons. The molecule has 0 aliphatic heterocycles. The van der Waals surface area contributed by atoms with Gasteiger partial charge in [0.05, 0.1) is 16.2 Å². The zero-order valence-electron chi connectivity index (χ0n) is 14.0. The van der Waals surface area contributed by atoms with Crippen LogP contribution in [0.2, 0.25) is 0 Å². The monoisotopic (exact) mass is 368 g/mol. The molecule has 0 saturated heterocycles. The first-order valence-corrected chi connectivity index (χ1v) is 8.98. The third-order valence-corrected chi connectivity index (χ3v) is 4.49. The van der Waals surface area contributed by atoms with Crippen molar-refractivity contribution in [3.05, 3.63) is 64.2 Å². The number of benzene rings is 2. The number of nitro benzene ring substituents is 1. The maximum Gasteiger partial charge on any atom is 0.270 e. The van der Waals surface area contributed by atoms with Gasteiger partial charge in [0.1, 0.15) is 5.82 Å². The van der Waals surface area contributed by atoms with E-state index in [9.17, 15) is 14.9 Å². The van der Waals surface area contributed by atoms with Gasteiger partial charge < -0.3 is 5.32 Å².